The monoisotopic (exact) mass is 251 g/mol. The van der Waals surface area contributed by atoms with Gasteiger partial charge in [0.05, 0.1) is 11.8 Å². The topological polar surface area (TPSA) is 39.1 Å². The molecule has 0 aromatic carbocycles. The molecule has 4 nitrogen and oxygen atoms in total. The molecule has 1 saturated carbocycles. The van der Waals surface area contributed by atoms with E-state index in [1.165, 1.54) is 11.3 Å². The highest BCUT2D eigenvalue weighted by atomic mass is 16.5. The van der Waals surface area contributed by atoms with Crippen LogP contribution in [-0.2, 0) is 11.8 Å². The molecule has 1 unspecified atom stereocenters. The predicted molar refractivity (Wildman–Crippen MR) is 72.7 cm³/mol. The third-order valence-electron chi connectivity index (χ3n) is 3.98. The van der Waals surface area contributed by atoms with Gasteiger partial charge in [-0.3, -0.25) is 4.68 Å². The minimum atomic E-state index is 0.367. The molecule has 18 heavy (non-hydrogen) atoms. The van der Waals surface area contributed by atoms with Crippen LogP contribution < -0.4 is 5.32 Å². The number of rotatable bonds is 5. The molecule has 1 aliphatic rings. The second kappa shape index (κ2) is 5.41. The van der Waals surface area contributed by atoms with Crippen molar-refractivity contribution < 1.29 is 4.74 Å². The van der Waals surface area contributed by atoms with Gasteiger partial charge >= 0.3 is 0 Å². The van der Waals surface area contributed by atoms with Crippen LogP contribution in [-0.4, -0.2) is 28.5 Å². The van der Waals surface area contributed by atoms with E-state index in [0.29, 0.717) is 18.2 Å². The molecular formula is C14H25N3O. The van der Waals surface area contributed by atoms with Crippen LogP contribution in [0.5, 0.6) is 0 Å². The number of aryl methyl sites for hydroxylation is 2. The lowest BCUT2D eigenvalue weighted by atomic mass is 9.88. The number of nitrogens with one attached hydrogen (secondary N) is 1. The smallest absolute Gasteiger partial charge is 0.0644 e. The maximum atomic E-state index is 5.59. The lowest BCUT2D eigenvalue weighted by molar-refractivity contribution is -0.0120. The van der Waals surface area contributed by atoms with Crippen LogP contribution in [0, 0.1) is 13.8 Å². The van der Waals surface area contributed by atoms with E-state index in [9.17, 15) is 0 Å². The number of hydrogen-bond acceptors (Lipinski definition) is 3. The Labute approximate surface area is 110 Å². The number of aromatic nitrogens is 2. The Morgan fingerprint density at radius 1 is 1.44 bits per heavy atom. The number of hydrogen-bond donors (Lipinski definition) is 1. The normalized spacial score (nSPS) is 24.9. The Balaban J connectivity index is 1.91. The quantitative estimate of drug-likeness (QED) is 0.872. The molecule has 0 amide bonds. The summed E-state index contributed by atoms with van der Waals surface area (Å²) in [6.45, 7) is 9.34. The molecule has 1 atom stereocenters. The van der Waals surface area contributed by atoms with E-state index in [1.54, 1.807) is 0 Å². The van der Waals surface area contributed by atoms with Gasteiger partial charge in [0.15, 0.2) is 0 Å². The van der Waals surface area contributed by atoms with E-state index in [-0.39, 0.29) is 0 Å². The van der Waals surface area contributed by atoms with E-state index >= 15 is 0 Å². The van der Waals surface area contributed by atoms with Crippen molar-refractivity contribution in [2.24, 2.45) is 7.05 Å². The summed E-state index contributed by atoms with van der Waals surface area (Å²) in [6, 6.07) is 0.960. The Morgan fingerprint density at radius 2 is 2.11 bits per heavy atom. The van der Waals surface area contributed by atoms with Gasteiger partial charge < -0.3 is 10.1 Å². The van der Waals surface area contributed by atoms with E-state index < -0.39 is 0 Å². The predicted octanol–water partition coefficient (Wildman–Crippen LogP) is 2.26. The Kier molecular flexibility index (Phi) is 4.07. The average Bonchev–Trinajstić information content (AvgIpc) is 2.50. The first-order chi connectivity index (χ1) is 8.52. The molecule has 0 bridgehead atoms. The van der Waals surface area contributed by atoms with E-state index in [2.05, 4.69) is 38.1 Å². The summed E-state index contributed by atoms with van der Waals surface area (Å²) in [6.07, 6.45) is 2.74. The summed E-state index contributed by atoms with van der Waals surface area (Å²) >= 11 is 0. The third kappa shape index (κ3) is 2.59. The molecule has 0 spiro atoms. The van der Waals surface area contributed by atoms with Gasteiger partial charge in [-0.05, 0) is 40.5 Å². The molecule has 102 valence electrons. The van der Waals surface area contributed by atoms with Crippen LogP contribution in [0.4, 0.5) is 0 Å². The van der Waals surface area contributed by atoms with Gasteiger partial charge in [-0.15, -0.1) is 0 Å². The van der Waals surface area contributed by atoms with Crippen LogP contribution in [0.2, 0.25) is 0 Å². The summed E-state index contributed by atoms with van der Waals surface area (Å²) in [4.78, 5) is 0. The van der Waals surface area contributed by atoms with Crippen molar-refractivity contribution in [3.05, 3.63) is 17.0 Å². The fourth-order valence-corrected chi connectivity index (χ4v) is 2.93. The molecule has 1 aromatic heterocycles. The molecule has 1 aromatic rings. The molecule has 0 saturated heterocycles. The zero-order chi connectivity index (χ0) is 13.3. The fourth-order valence-electron chi connectivity index (χ4n) is 2.93. The molecule has 1 N–H and O–H groups in total. The largest absolute Gasteiger partial charge is 0.378 e. The highest BCUT2D eigenvalue weighted by molar-refractivity contribution is 5.27. The summed E-state index contributed by atoms with van der Waals surface area (Å²) in [5, 5.41) is 8.16. The van der Waals surface area contributed by atoms with Gasteiger partial charge in [0, 0.05) is 37.0 Å². The summed E-state index contributed by atoms with van der Waals surface area (Å²) < 4.78 is 7.56. The van der Waals surface area contributed by atoms with Gasteiger partial charge in [0.1, 0.15) is 0 Å². The van der Waals surface area contributed by atoms with Crippen molar-refractivity contribution in [2.45, 2.75) is 58.7 Å². The van der Waals surface area contributed by atoms with E-state index in [1.807, 2.05) is 11.7 Å². The minimum absolute atomic E-state index is 0.367. The first-order valence-corrected chi connectivity index (χ1v) is 6.90. The second-order valence-corrected chi connectivity index (χ2v) is 5.34. The van der Waals surface area contributed by atoms with Crippen LogP contribution in [0.3, 0.4) is 0 Å². The zero-order valence-corrected chi connectivity index (χ0v) is 12.2. The SMILES string of the molecule is CCOC1CC(NC(C)c2c(C)nn(C)c2C)C1. The van der Waals surface area contributed by atoms with Crippen molar-refractivity contribution in [2.75, 3.05) is 6.61 Å². The lowest BCUT2D eigenvalue weighted by Gasteiger charge is -2.37. The fraction of sp³-hybridized carbons (Fsp3) is 0.786. The van der Waals surface area contributed by atoms with Crippen molar-refractivity contribution >= 4 is 0 Å². The average molecular weight is 251 g/mol. The molecule has 2 rings (SSSR count). The van der Waals surface area contributed by atoms with Gasteiger partial charge in [-0.2, -0.15) is 5.10 Å². The maximum Gasteiger partial charge on any atom is 0.0644 e. The highest BCUT2D eigenvalue weighted by Crippen LogP contribution is 2.28. The van der Waals surface area contributed by atoms with Gasteiger partial charge in [0.2, 0.25) is 0 Å². The standard InChI is InChI=1S/C14H25N3O/c1-6-18-13-7-12(8-13)15-9(2)14-10(3)16-17(5)11(14)4/h9,12-13,15H,6-8H2,1-5H3. The van der Waals surface area contributed by atoms with Gasteiger partial charge in [0.25, 0.3) is 0 Å². The first-order valence-electron chi connectivity index (χ1n) is 6.90. The molecule has 0 radical (unpaired) electrons. The van der Waals surface area contributed by atoms with Crippen molar-refractivity contribution in [3.63, 3.8) is 0 Å². The maximum absolute atomic E-state index is 5.59. The summed E-state index contributed by atoms with van der Waals surface area (Å²) in [5.74, 6) is 0. The Hall–Kier alpha value is -0.870. The van der Waals surface area contributed by atoms with Crippen LogP contribution in [0.1, 0.15) is 49.7 Å². The van der Waals surface area contributed by atoms with Crippen molar-refractivity contribution in [3.8, 4) is 0 Å². The highest BCUT2D eigenvalue weighted by Gasteiger charge is 2.31. The zero-order valence-electron chi connectivity index (χ0n) is 12.2. The van der Waals surface area contributed by atoms with E-state index in [0.717, 1.165) is 25.1 Å². The minimum Gasteiger partial charge on any atom is -0.378 e. The third-order valence-corrected chi connectivity index (χ3v) is 3.98. The Bertz CT molecular complexity index is 407. The molecule has 0 aliphatic heterocycles. The van der Waals surface area contributed by atoms with Gasteiger partial charge in [-0.25, -0.2) is 0 Å². The molecular weight excluding hydrogens is 226 g/mol. The number of ether oxygens (including phenoxy) is 1. The van der Waals surface area contributed by atoms with Crippen LogP contribution >= 0.6 is 0 Å². The lowest BCUT2D eigenvalue weighted by Crippen LogP contribution is -2.46. The van der Waals surface area contributed by atoms with Gasteiger partial charge in [-0.1, -0.05) is 0 Å². The molecule has 1 heterocycles. The molecule has 1 aliphatic carbocycles. The number of nitrogens with zero attached hydrogens (tertiary/aromatic N) is 2. The summed E-state index contributed by atoms with van der Waals surface area (Å²) in [5.41, 5.74) is 3.74. The second-order valence-electron chi connectivity index (χ2n) is 5.34. The molecule has 4 heteroatoms. The summed E-state index contributed by atoms with van der Waals surface area (Å²) in [7, 11) is 2.01. The Morgan fingerprint density at radius 3 is 2.61 bits per heavy atom. The van der Waals surface area contributed by atoms with E-state index in [4.69, 9.17) is 4.74 Å². The molecule has 1 fully saturated rings. The van der Waals surface area contributed by atoms with Crippen molar-refractivity contribution in [1.82, 2.24) is 15.1 Å². The van der Waals surface area contributed by atoms with Crippen LogP contribution in [0.15, 0.2) is 0 Å². The van der Waals surface area contributed by atoms with Crippen molar-refractivity contribution in [1.29, 1.82) is 0 Å². The van der Waals surface area contributed by atoms with Crippen LogP contribution in [0.25, 0.3) is 0 Å². The first kappa shape index (κ1) is 13.6.